The van der Waals surface area contributed by atoms with Crippen LogP contribution < -0.4 is 19.3 Å². The van der Waals surface area contributed by atoms with Crippen LogP contribution >= 0.6 is 0 Å². The number of hydrogen-bond acceptors (Lipinski definition) is 5. The van der Waals surface area contributed by atoms with Crippen molar-refractivity contribution in [1.29, 1.82) is 0 Å². The van der Waals surface area contributed by atoms with Crippen molar-refractivity contribution in [3.8, 4) is 23.1 Å². The van der Waals surface area contributed by atoms with Gasteiger partial charge < -0.3 is 19.3 Å². The van der Waals surface area contributed by atoms with Gasteiger partial charge in [-0.15, -0.1) is 0 Å². The summed E-state index contributed by atoms with van der Waals surface area (Å²) in [7, 11) is 0. The lowest BCUT2D eigenvalue weighted by molar-refractivity contribution is 0.446. The van der Waals surface area contributed by atoms with E-state index in [9.17, 15) is 0 Å². The van der Waals surface area contributed by atoms with E-state index >= 15 is 0 Å². The molecule has 0 spiro atoms. The highest BCUT2D eigenvalue weighted by Crippen LogP contribution is 2.35. The minimum atomic E-state index is 0.0244. The second-order valence-corrected chi connectivity index (χ2v) is 10.3. The average molecular weight is 492 g/mol. The number of para-hydroxylation sites is 1. The maximum Gasteiger partial charge on any atom is 0.219 e. The summed E-state index contributed by atoms with van der Waals surface area (Å²) in [5.41, 5.74) is 5.94. The average Bonchev–Trinajstić information content (AvgIpc) is 3.19. The van der Waals surface area contributed by atoms with Gasteiger partial charge in [0.05, 0.1) is 6.67 Å². The molecular formula is C32H33N3O2. The van der Waals surface area contributed by atoms with E-state index in [0.717, 1.165) is 18.1 Å². The largest absolute Gasteiger partial charge is 0.457 e. The van der Waals surface area contributed by atoms with E-state index < -0.39 is 0 Å². The van der Waals surface area contributed by atoms with Crippen molar-refractivity contribution in [2.24, 2.45) is 0 Å². The lowest BCUT2D eigenvalue weighted by atomic mass is 9.88. The van der Waals surface area contributed by atoms with Crippen LogP contribution in [0, 0.1) is 0 Å². The van der Waals surface area contributed by atoms with Crippen molar-refractivity contribution in [3.05, 3.63) is 114 Å². The molecule has 0 bridgehead atoms. The highest BCUT2D eigenvalue weighted by Gasteiger charge is 2.25. The van der Waals surface area contributed by atoms with Crippen LogP contribution in [0.1, 0.15) is 40.2 Å². The summed E-state index contributed by atoms with van der Waals surface area (Å²) in [5, 5.41) is 0. The van der Waals surface area contributed by atoms with Gasteiger partial charge in [0.2, 0.25) is 5.88 Å². The number of hydrogen-bond donors (Lipinski definition) is 0. The zero-order valence-electron chi connectivity index (χ0n) is 22.1. The molecule has 5 heteroatoms. The number of aromatic nitrogens is 1. The molecule has 0 N–H and O–H groups in total. The monoisotopic (exact) mass is 491 g/mol. The van der Waals surface area contributed by atoms with Gasteiger partial charge in [-0.2, -0.15) is 0 Å². The standard InChI is InChI=1S/C32H33N3O2/c1-23-24(2)35(22-34(23)26-11-7-6-8-12-26)27-13-9-14-28(20-27)36-29-15-10-16-30(21-29)37-31-19-25(17-18-33-31)32(3,4)5/h6-21H,22H2,1-5H3. The fourth-order valence-electron chi connectivity index (χ4n) is 4.41. The molecule has 0 unspecified atom stereocenters. The smallest absolute Gasteiger partial charge is 0.219 e. The zero-order chi connectivity index (χ0) is 26.0. The number of anilines is 2. The van der Waals surface area contributed by atoms with Gasteiger partial charge in [0.15, 0.2) is 0 Å². The van der Waals surface area contributed by atoms with Gasteiger partial charge in [-0.3, -0.25) is 0 Å². The van der Waals surface area contributed by atoms with Gasteiger partial charge in [-0.05, 0) is 67.3 Å². The molecule has 5 nitrogen and oxygen atoms in total. The van der Waals surface area contributed by atoms with E-state index in [1.807, 2.05) is 54.6 Å². The summed E-state index contributed by atoms with van der Waals surface area (Å²) in [6, 6.07) is 30.3. The molecule has 1 aromatic heterocycles. The lowest BCUT2D eigenvalue weighted by Gasteiger charge is -2.24. The van der Waals surface area contributed by atoms with Crippen molar-refractivity contribution < 1.29 is 9.47 Å². The second-order valence-electron chi connectivity index (χ2n) is 10.3. The molecule has 0 aliphatic carbocycles. The Labute approximate surface area is 219 Å². The van der Waals surface area contributed by atoms with E-state index in [4.69, 9.17) is 9.47 Å². The number of allylic oxidation sites excluding steroid dienone is 2. The minimum absolute atomic E-state index is 0.0244. The summed E-state index contributed by atoms with van der Waals surface area (Å²) in [6.45, 7) is 11.6. The highest BCUT2D eigenvalue weighted by atomic mass is 16.5. The van der Waals surface area contributed by atoms with Crippen LogP contribution in [0.25, 0.3) is 0 Å². The third-order valence-corrected chi connectivity index (χ3v) is 6.68. The van der Waals surface area contributed by atoms with Crippen LogP contribution in [0.2, 0.25) is 0 Å². The Morgan fingerprint density at radius 3 is 1.95 bits per heavy atom. The third kappa shape index (κ3) is 5.46. The summed E-state index contributed by atoms with van der Waals surface area (Å²) < 4.78 is 12.3. The van der Waals surface area contributed by atoms with Crippen LogP contribution in [0.3, 0.4) is 0 Å². The van der Waals surface area contributed by atoms with E-state index in [-0.39, 0.29) is 5.41 Å². The normalized spacial score (nSPS) is 13.8. The fraction of sp³-hybridized carbons (Fsp3) is 0.219. The Bertz CT molecular complexity index is 1420. The molecular weight excluding hydrogens is 458 g/mol. The van der Waals surface area contributed by atoms with E-state index in [1.54, 1.807) is 6.20 Å². The summed E-state index contributed by atoms with van der Waals surface area (Å²) in [4.78, 5) is 9.02. The van der Waals surface area contributed by atoms with Crippen molar-refractivity contribution in [2.45, 2.75) is 40.0 Å². The number of pyridine rings is 1. The molecule has 0 amide bonds. The van der Waals surface area contributed by atoms with Gasteiger partial charge in [-0.1, -0.05) is 51.1 Å². The summed E-state index contributed by atoms with van der Waals surface area (Å²) in [6.07, 6.45) is 1.79. The molecule has 0 saturated carbocycles. The Hall–Kier alpha value is -4.25. The van der Waals surface area contributed by atoms with Crippen LogP contribution in [0.4, 0.5) is 11.4 Å². The maximum atomic E-state index is 6.25. The van der Waals surface area contributed by atoms with Gasteiger partial charge in [0.25, 0.3) is 0 Å². The second kappa shape index (κ2) is 10.0. The topological polar surface area (TPSA) is 37.8 Å². The minimum Gasteiger partial charge on any atom is -0.457 e. The molecule has 1 aliphatic heterocycles. The first-order valence-corrected chi connectivity index (χ1v) is 12.6. The summed E-state index contributed by atoms with van der Waals surface area (Å²) in [5.74, 6) is 2.73. The molecule has 0 atom stereocenters. The molecule has 188 valence electrons. The number of rotatable bonds is 6. The van der Waals surface area contributed by atoms with Crippen LogP contribution in [-0.4, -0.2) is 11.7 Å². The number of benzene rings is 3. The SMILES string of the molecule is CC1=C(C)N(c2cccc(Oc3cccc(Oc4cc(C(C)(C)C)ccn4)c3)c2)CN1c1ccccc1. The molecule has 2 heterocycles. The van der Waals surface area contributed by atoms with Crippen LogP contribution in [-0.2, 0) is 5.41 Å². The molecule has 0 saturated heterocycles. The van der Waals surface area contributed by atoms with Crippen molar-refractivity contribution in [1.82, 2.24) is 4.98 Å². The molecule has 37 heavy (non-hydrogen) atoms. The van der Waals surface area contributed by atoms with E-state index in [2.05, 4.69) is 85.8 Å². The Morgan fingerprint density at radius 1 is 0.649 bits per heavy atom. The van der Waals surface area contributed by atoms with E-state index in [1.165, 1.54) is 22.6 Å². The van der Waals surface area contributed by atoms with Crippen LogP contribution in [0.5, 0.6) is 23.1 Å². The predicted octanol–water partition coefficient (Wildman–Crippen LogP) is 8.50. The van der Waals surface area contributed by atoms with Crippen molar-refractivity contribution in [2.75, 3.05) is 16.5 Å². The molecule has 0 radical (unpaired) electrons. The Kier molecular flexibility index (Phi) is 6.62. The molecule has 4 aromatic rings. The van der Waals surface area contributed by atoms with Gasteiger partial charge >= 0.3 is 0 Å². The quantitative estimate of drug-likeness (QED) is 0.270. The van der Waals surface area contributed by atoms with Crippen molar-refractivity contribution in [3.63, 3.8) is 0 Å². The number of ether oxygens (including phenoxy) is 2. The first-order chi connectivity index (χ1) is 17.8. The molecule has 1 aliphatic rings. The molecule has 0 fully saturated rings. The van der Waals surface area contributed by atoms with E-state index in [0.29, 0.717) is 17.4 Å². The summed E-state index contributed by atoms with van der Waals surface area (Å²) >= 11 is 0. The third-order valence-electron chi connectivity index (χ3n) is 6.68. The van der Waals surface area contributed by atoms with Crippen molar-refractivity contribution >= 4 is 11.4 Å². The van der Waals surface area contributed by atoms with Gasteiger partial charge in [-0.25, -0.2) is 4.98 Å². The van der Waals surface area contributed by atoms with Gasteiger partial charge in [0.1, 0.15) is 17.2 Å². The first kappa shape index (κ1) is 24.4. The Morgan fingerprint density at radius 2 is 1.24 bits per heavy atom. The highest BCUT2D eigenvalue weighted by molar-refractivity contribution is 5.65. The first-order valence-electron chi connectivity index (χ1n) is 12.6. The Balaban J connectivity index is 1.32. The maximum absolute atomic E-state index is 6.25. The fourth-order valence-corrected chi connectivity index (χ4v) is 4.41. The predicted molar refractivity (Wildman–Crippen MR) is 151 cm³/mol. The molecule has 3 aromatic carbocycles. The lowest BCUT2D eigenvalue weighted by Crippen LogP contribution is -2.26. The number of nitrogens with zero attached hydrogens (tertiary/aromatic N) is 3. The molecule has 5 rings (SSSR count). The zero-order valence-corrected chi connectivity index (χ0v) is 22.1. The van der Waals surface area contributed by atoms with Crippen LogP contribution in [0.15, 0.2) is 109 Å². The van der Waals surface area contributed by atoms with Gasteiger partial charge in [0, 0.05) is 47.2 Å².